The lowest BCUT2D eigenvalue weighted by atomic mass is 9.75. The first-order valence-electron chi connectivity index (χ1n) is 7.82. The minimum absolute atomic E-state index is 0.00185. The summed E-state index contributed by atoms with van der Waals surface area (Å²) in [6.07, 6.45) is 1.14. The number of sulfonamides is 1. The number of carbonyl (C=O) groups is 1. The van der Waals surface area contributed by atoms with Gasteiger partial charge in [0.25, 0.3) is 0 Å². The van der Waals surface area contributed by atoms with E-state index >= 15 is 0 Å². The third-order valence-electron chi connectivity index (χ3n) is 4.19. The van der Waals surface area contributed by atoms with Crippen LogP contribution in [0.4, 0.5) is 0 Å². The summed E-state index contributed by atoms with van der Waals surface area (Å²) in [5, 5.41) is 17.6. The molecule has 1 aliphatic heterocycles. The summed E-state index contributed by atoms with van der Waals surface area (Å²) >= 11 is 1.73. The van der Waals surface area contributed by atoms with E-state index in [0.717, 1.165) is 11.5 Å². The fraction of sp³-hybridized carbons (Fsp3) is 0.600. The maximum Gasteiger partial charge on any atom is 0.227 e. The van der Waals surface area contributed by atoms with Crippen LogP contribution in [0.15, 0.2) is 15.3 Å². The number of hydrogen-bond donors (Lipinski definition) is 3. The van der Waals surface area contributed by atoms with E-state index < -0.39 is 26.6 Å². The molecule has 10 heteroatoms. The van der Waals surface area contributed by atoms with Gasteiger partial charge in [-0.1, -0.05) is 0 Å². The smallest absolute Gasteiger partial charge is 0.227 e. The Kier molecular flexibility index (Phi) is 6.17. The van der Waals surface area contributed by atoms with Crippen LogP contribution in [-0.2, 0) is 20.2 Å². The monoisotopic (exact) mass is 390 g/mol. The van der Waals surface area contributed by atoms with Crippen molar-refractivity contribution in [2.45, 2.75) is 31.6 Å². The molecule has 4 N–H and O–H groups in total. The molecule has 0 unspecified atom stereocenters. The largest absolute Gasteiger partial charge is 0.502 e. The van der Waals surface area contributed by atoms with Crippen molar-refractivity contribution in [2.24, 2.45) is 5.14 Å². The van der Waals surface area contributed by atoms with Gasteiger partial charge in [-0.15, -0.1) is 0 Å². The number of nitrogens with one attached hydrogen (secondary N) is 1. The first-order chi connectivity index (χ1) is 11.6. The highest BCUT2D eigenvalue weighted by Gasteiger charge is 2.41. The van der Waals surface area contributed by atoms with Crippen LogP contribution in [0.25, 0.3) is 0 Å². The lowest BCUT2D eigenvalue weighted by Gasteiger charge is -2.35. The second kappa shape index (κ2) is 7.79. The average Bonchev–Trinajstić information content (AvgIpc) is 2.50. The van der Waals surface area contributed by atoms with Gasteiger partial charge in [-0.25, -0.2) is 13.6 Å². The number of aryl methyl sites for hydroxylation is 1. The van der Waals surface area contributed by atoms with Gasteiger partial charge in [0.1, 0.15) is 5.76 Å². The minimum atomic E-state index is -3.66. The summed E-state index contributed by atoms with van der Waals surface area (Å²) in [6, 6.07) is 1.20. The number of primary sulfonamides is 1. The van der Waals surface area contributed by atoms with Crippen molar-refractivity contribution < 1.29 is 22.7 Å². The average molecular weight is 390 g/mol. The maximum atomic E-state index is 12.3. The number of aromatic hydroxyl groups is 1. The number of rotatable bonds is 6. The molecule has 8 nitrogen and oxygen atoms in total. The highest BCUT2D eigenvalue weighted by molar-refractivity contribution is 7.99. The van der Waals surface area contributed by atoms with Crippen molar-refractivity contribution in [3.8, 4) is 5.75 Å². The first-order valence-corrected chi connectivity index (χ1v) is 10.7. The Balaban J connectivity index is 2.24. The minimum Gasteiger partial charge on any atom is -0.502 e. The zero-order chi connectivity index (χ0) is 18.7. The molecule has 1 aliphatic rings. The zero-order valence-corrected chi connectivity index (χ0v) is 15.5. The molecule has 0 bridgehead atoms. The van der Waals surface area contributed by atoms with E-state index in [9.17, 15) is 23.1 Å². The van der Waals surface area contributed by atoms with Crippen LogP contribution < -0.4 is 15.9 Å². The molecule has 0 saturated carbocycles. The Morgan fingerprint density at radius 3 is 2.68 bits per heavy atom. The van der Waals surface area contributed by atoms with Crippen molar-refractivity contribution in [1.29, 1.82) is 0 Å². The van der Waals surface area contributed by atoms with Crippen LogP contribution in [0, 0.1) is 6.92 Å². The lowest BCUT2D eigenvalue weighted by molar-refractivity contribution is -0.122. The normalized spacial score (nSPS) is 17.2. The Labute approximate surface area is 150 Å². The standard InChI is InChI=1S/C15H22N2O6S2/c1-10-8-11(18)13(20)14(23-10)15(2-5-24-6-3-15)9-12(19)17-4-7-25(16,21)22/h8,20H,2-7,9H2,1H3,(H,17,19)(H2,16,21,22). The summed E-state index contributed by atoms with van der Waals surface area (Å²) in [4.78, 5) is 24.2. The molecule has 0 radical (unpaired) electrons. The Hall–Kier alpha value is -1.52. The van der Waals surface area contributed by atoms with Crippen LogP contribution >= 0.6 is 11.8 Å². The molecule has 1 saturated heterocycles. The molecule has 1 aromatic rings. The van der Waals surface area contributed by atoms with Crippen molar-refractivity contribution in [2.75, 3.05) is 23.8 Å². The number of nitrogens with two attached hydrogens (primary N) is 1. The predicted molar refractivity (Wildman–Crippen MR) is 95.2 cm³/mol. The van der Waals surface area contributed by atoms with Gasteiger partial charge in [0.2, 0.25) is 27.1 Å². The summed E-state index contributed by atoms with van der Waals surface area (Å²) in [7, 11) is -3.66. The molecule has 1 fully saturated rings. The summed E-state index contributed by atoms with van der Waals surface area (Å²) in [6.45, 7) is 1.52. The van der Waals surface area contributed by atoms with E-state index in [1.807, 2.05) is 0 Å². The molecule has 2 heterocycles. The van der Waals surface area contributed by atoms with Gasteiger partial charge in [0.05, 0.1) is 5.75 Å². The fourth-order valence-electron chi connectivity index (χ4n) is 2.91. The van der Waals surface area contributed by atoms with E-state index in [1.54, 1.807) is 18.7 Å². The van der Waals surface area contributed by atoms with Crippen LogP contribution in [0.2, 0.25) is 0 Å². The number of carbonyl (C=O) groups excluding carboxylic acids is 1. The van der Waals surface area contributed by atoms with E-state index in [2.05, 4.69) is 5.32 Å². The van der Waals surface area contributed by atoms with Gasteiger partial charge in [0, 0.05) is 24.4 Å². The summed E-state index contributed by atoms with van der Waals surface area (Å²) < 4.78 is 27.5. The van der Waals surface area contributed by atoms with E-state index in [0.29, 0.717) is 18.6 Å². The summed E-state index contributed by atoms with van der Waals surface area (Å²) in [5.74, 6) is 0.841. The SMILES string of the molecule is Cc1cc(=O)c(O)c(C2(CC(=O)NCCS(N)(=O)=O)CCSCC2)o1. The predicted octanol–water partition coefficient (Wildman–Crippen LogP) is 0.213. The third kappa shape index (κ3) is 5.23. The highest BCUT2D eigenvalue weighted by Crippen LogP contribution is 2.43. The second-order valence-corrected chi connectivity index (χ2v) is 9.14. The van der Waals surface area contributed by atoms with Gasteiger partial charge < -0.3 is 14.8 Å². The van der Waals surface area contributed by atoms with E-state index in [-0.39, 0.29) is 30.4 Å². The number of thioether (sulfide) groups is 1. The number of hydrogen-bond acceptors (Lipinski definition) is 7. The van der Waals surface area contributed by atoms with Gasteiger partial charge in [0.15, 0.2) is 5.76 Å². The molecular weight excluding hydrogens is 368 g/mol. The molecule has 1 amide bonds. The van der Waals surface area contributed by atoms with E-state index in [1.165, 1.54) is 6.07 Å². The van der Waals surface area contributed by atoms with Gasteiger partial charge in [-0.2, -0.15) is 11.8 Å². The first kappa shape index (κ1) is 19.8. The van der Waals surface area contributed by atoms with Gasteiger partial charge >= 0.3 is 0 Å². The quantitative estimate of drug-likeness (QED) is 0.631. The Bertz CT molecular complexity index is 797. The molecule has 0 aromatic carbocycles. The van der Waals surface area contributed by atoms with Crippen molar-refractivity contribution >= 4 is 27.7 Å². The second-order valence-electron chi connectivity index (χ2n) is 6.19. The van der Waals surface area contributed by atoms with Crippen molar-refractivity contribution in [3.05, 3.63) is 27.8 Å². The highest BCUT2D eigenvalue weighted by atomic mass is 32.2. The summed E-state index contributed by atoms with van der Waals surface area (Å²) in [5.41, 5.74) is -1.32. The zero-order valence-electron chi connectivity index (χ0n) is 13.9. The van der Waals surface area contributed by atoms with Crippen LogP contribution in [0.3, 0.4) is 0 Å². The topological polar surface area (TPSA) is 140 Å². The molecule has 140 valence electrons. The fourth-order valence-corrected chi connectivity index (χ4v) is 4.57. The van der Waals surface area contributed by atoms with E-state index in [4.69, 9.17) is 9.56 Å². The van der Waals surface area contributed by atoms with Crippen LogP contribution in [-0.4, -0.2) is 43.2 Å². The number of amides is 1. The van der Waals surface area contributed by atoms with Crippen LogP contribution in [0.1, 0.15) is 30.8 Å². The Morgan fingerprint density at radius 1 is 1.44 bits per heavy atom. The Morgan fingerprint density at radius 2 is 2.08 bits per heavy atom. The third-order valence-corrected chi connectivity index (χ3v) is 5.94. The lowest BCUT2D eigenvalue weighted by Crippen LogP contribution is -2.40. The maximum absolute atomic E-state index is 12.3. The molecule has 0 spiro atoms. The molecule has 1 aromatic heterocycles. The van der Waals surface area contributed by atoms with Gasteiger partial charge in [-0.05, 0) is 31.3 Å². The molecule has 0 aliphatic carbocycles. The van der Waals surface area contributed by atoms with Crippen molar-refractivity contribution in [1.82, 2.24) is 5.32 Å². The molecule has 25 heavy (non-hydrogen) atoms. The molecule has 2 rings (SSSR count). The van der Waals surface area contributed by atoms with Crippen LogP contribution in [0.5, 0.6) is 5.75 Å². The molecular formula is C15H22N2O6S2. The van der Waals surface area contributed by atoms with Crippen molar-refractivity contribution in [3.63, 3.8) is 0 Å². The molecule has 0 atom stereocenters. The van der Waals surface area contributed by atoms with Gasteiger partial charge in [-0.3, -0.25) is 9.59 Å².